The maximum atomic E-state index is 12.8. The fourth-order valence-corrected chi connectivity index (χ4v) is 3.17. The SMILES string of the molecule is CCCC(=O)C(=CNc1ccccc1N1C(=O)c2ccccc2C1=O)C(=O)OCC. The van der Waals surface area contributed by atoms with Crippen LogP contribution in [0, 0.1) is 0 Å². The van der Waals surface area contributed by atoms with Crippen LogP contribution in [0.2, 0.25) is 0 Å². The van der Waals surface area contributed by atoms with Gasteiger partial charge in [0.05, 0.1) is 29.1 Å². The first-order valence-electron chi connectivity index (χ1n) is 9.73. The smallest absolute Gasteiger partial charge is 0.343 e. The van der Waals surface area contributed by atoms with Gasteiger partial charge in [-0.2, -0.15) is 0 Å². The molecule has 3 rings (SSSR count). The highest BCUT2D eigenvalue weighted by molar-refractivity contribution is 6.35. The molecule has 1 aliphatic rings. The molecule has 0 atom stereocenters. The van der Waals surface area contributed by atoms with Crippen molar-refractivity contribution >= 4 is 34.9 Å². The minimum atomic E-state index is -0.721. The number of rotatable bonds is 8. The molecule has 2 aromatic rings. The Morgan fingerprint density at radius 3 is 2.17 bits per heavy atom. The van der Waals surface area contributed by atoms with E-state index in [-0.39, 0.29) is 24.4 Å². The van der Waals surface area contributed by atoms with E-state index in [2.05, 4.69) is 5.32 Å². The third kappa shape index (κ3) is 4.00. The number of ether oxygens (including phenoxy) is 1. The number of ketones is 1. The number of para-hydroxylation sites is 2. The highest BCUT2D eigenvalue weighted by Crippen LogP contribution is 2.33. The number of imide groups is 1. The van der Waals surface area contributed by atoms with Crippen molar-refractivity contribution in [2.45, 2.75) is 26.7 Å². The van der Waals surface area contributed by atoms with Gasteiger partial charge in [0.2, 0.25) is 0 Å². The summed E-state index contributed by atoms with van der Waals surface area (Å²) < 4.78 is 4.98. The Morgan fingerprint density at radius 1 is 0.967 bits per heavy atom. The number of hydrogen-bond acceptors (Lipinski definition) is 6. The van der Waals surface area contributed by atoms with E-state index in [1.807, 2.05) is 6.92 Å². The Balaban J connectivity index is 1.95. The van der Waals surface area contributed by atoms with Crippen LogP contribution in [0.3, 0.4) is 0 Å². The number of nitrogens with zero attached hydrogens (tertiary/aromatic N) is 1. The lowest BCUT2D eigenvalue weighted by Crippen LogP contribution is -2.30. The molecule has 0 unspecified atom stereocenters. The zero-order valence-corrected chi connectivity index (χ0v) is 16.8. The number of benzene rings is 2. The largest absolute Gasteiger partial charge is 0.462 e. The zero-order valence-electron chi connectivity index (χ0n) is 16.8. The van der Waals surface area contributed by atoms with Gasteiger partial charge in [-0.15, -0.1) is 0 Å². The van der Waals surface area contributed by atoms with Gasteiger partial charge in [-0.05, 0) is 37.6 Å². The van der Waals surface area contributed by atoms with Crippen molar-refractivity contribution in [1.82, 2.24) is 0 Å². The number of hydrogen-bond donors (Lipinski definition) is 1. The summed E-state index contributed by atoms with van der Waals surface area (Å²) in [7, 11) is 0. The summed E-state index contributed by atoms with van der Waals surface area (Å²) in [5.74, 6) is -1.92. The summed E-state index contributed by atoms with van der Waals surface area (Å²) in [6, 6.07) is 13.3. The van der Waals surface area contributed by atoms with E-state index in [0.717, 1.165) is 4.90 Å². The van der Waals surface area contributed by atoms with Gasteiger partial charge in [0.15, 0.2) is 5.78 Å². The van der Waals surface area contributed by atoms with Gasteiger partial charge < -0.3 is 10.1 Å². The number of esters is 1. The molecule has 30 heavy (non-hydrogen) atoms. The lowest BCUT2D eigenvalue weighted by Gasteiger charge is -2.18. The number of Topliss-reactive ketones (excluding diaryl/α,β-unsaturated/α-hetero) is 1. The van der Waals surface area contributed by atoms with Gasteiger partial charge in [0.25, 0.3) is 11.8 Å². The molecule has 2 amide bonds. The van der Waals surface area contributed by atoms with Crippen molar-refractivity contribution < 1.29 is 23.9 Å². The van der Waals surface area contributed by atoms with E-state index in [4.69, 9.17) is 4.74 Å². The van der Waals surface area contributed by atoms with E-state index in [1.54, 1.807) is 55.5 Å². The fourth-order valence-electron chi connectivity index (χ4n) is 3.17. The van der Waals surface area contributed by atoms with Gasteiger partial charge in [-0.3, -0.25) is 14.4 Å². The van der Waals surface area contributed by atoms with Gasteiger partial charge in [0.1, 0.15) is 5.57 Å². The van der Waals surface area contributed by atoms with E-state index in [1.165, 1.54) is 6.20 Å². The Labute approximate surface area is 174 Å². The number of amides is 2. The van der Waals surface area contributed by atoms with Crippen LogP contribution in [0.4, 0.5) is 11.4 Å². The Bertz CT molecular complexity index is 986. The Hall–Kier alpha value is -3.74. The monoisotopic (exact) mass is 406 g/mol. The highest BCUT2D eigenvalue weighted by atomic mass is 16.5. The molecule has 1 N–H and O–H groups in total. The first-order valence-corrected chi connectivity index (χ1v) is 9.73. The molecule has 1 aliphatic heterocycles. The third-order valence-electron chi connectivity index (χ3n) is 4.58. The molecule has 2 aromatic carbocycles. The minimum absolute atomic E-state index is 0.115. The van der Waals surface area contributed by atoms with Crippen LogP contribution in [0.1, 0.15) is 47.4 Å². The molecular formula is C23H22N2O5. The quantitative estimate of drug-likeness (QED) is 0.236. The molecule has 0 aliphatic carbocycles. The van der Waals surface area contributed by atoms with Crippen molar-refractivity contribution in [3.8, 4) is 0 Å². The van der Waals surface area contributed by atoms with E-state index >= 15 is 0 Å². The lowest BCUT2D eigenvalue weighted by molar-refractivity contribution is -0.140. The maximum Gasteiger partial charge on any atom is 0.343 e. The molecule has 0 bridgehead atoms. The second-order valence-corrected chi connectivity index (χ2v) is 6.60. The first kappa shape index (κ1) is 21.0. The highest BCUT2D eigenvalue weighted by Gasteiger charge is 2.37. The van der Waals surface area contributed by atoms with Crippen LogP contribution >= 0.6 is 0 Å². The van der Waals surface area contributed by atoms with Gasteiger partial charge in [0, 0.05) is 12.6 Å². The number of fused-ring (bicyclic) bond motifs is 1. The first-order chi connectivity index (χ1) is 14.5. The number of carbonyl (C=O) groups excluding carboxylic acids is 4. The van der Waals surface area contributed by atoms with Crippen LogP contribution < -0.4 is 10.2 Å². The average Bonchev–Trinajstić information content (AvgIpc) is 2.99. The molecule has 0 aromatic heterocycles. The molecule has 154 valence electrons. The van der Waals surface area contributed by atoms with Crippen molar-refractivity contribution in [3.05, 3.63) is 71.4 Å². The molecule has 0 radical (unpaired) electrons. The Morgan fingerprint density at radius 2 is 1.57 bits per heavy atom. The molecule has 0 fully saturated rings. The fraction of sp³-hybridized carbons (Fsp3) is 0.217. The normalized spacial score (nSPS) is 13.3. The van der Waals surface area contributed by atoms with E-state index < -0.39 is 17.8 Å². The number of anilines is 2. The summed E-state index contributed by atoms with van der Waals surface area (Å²) in [6.45, 7) is 3.64. The molecule has 0 saturated carbocycles. The van der Waals surface area contributed by atoms with Crippen LogP contribution in [-0.4, -0.2) is 30.2 Å². The topological polar surface area (TPSA) is 92.8 Å². The summed E-state index contributed by atoms with van der Waals surface area (Å²) in [5.41, 5.74) is 1.27. The molecule has 1 heterocycles. The van der Waals surface area contributed by atoms with Gasteiger partial charge in [-0.1, -0.05) is 31.2 Å². The van der Waals surface area contributed by atoms with Crippen LogP contribution in [0.5, 0.6) is 0 Å². The van der Waals surface area contributed by atoms with Crippen molar-refractivity contribution in [1.29, 1.82) is 0 Å². The van der Waals surface area contributed by atoms with E-state index in [9.17, 15) is 19.2 Å². The standard InChI is InChI=1S/C23H22N2O5/c1-3-9-20(26)17(23(29)30-4-2)14-24-18-12-7-8-13-19(18)25-21(27)15-10-5-6-11-16(15)22(25)28/h5-8,10-14,24H,3-4,9H2,1-2H3. The average molecular weight is 406 g/mol. The third-order valence-corrected chi connectivity index (χ3v) is 4.58. The van der Waals surface area contributed by atoms with Crippen molar-refractivity contribution in [3.63, 3.8) is 0 Å². The van der Waals surface area contributed by atoms with Crippen molar-refractivity contribution in [2.75, 3.05) is 16.8 Å². The number of nitrogens with one attached hydrogen (secondary N) is 1. The predicted octanol–water partition coefficient (Wildman–Crippen LogP) is 3.72. The number of carbonyl (C=O) groups is 4. The summed E-state index contributed by atoms with van der Waals surface area (Å²) in [5, 5.41) is 2.91. The van der Waals surface area contributed by atoms with Gasteiger partial charge in [-0.25, -0.2) is 9.69 Å². The lowest BCUT2D eigenvalue weighted by atomic mass is 10.1. The maximum absolute atomic E-state index is 12.8. The molecular weight excluding hydrogens is 384 g/mol. The summed E-state index contributed by atoms with van der Waals surface area (Å²) in [4.78, 5) is 51.3. The van der Waals surface area contributed by atoms with Crippen LogP contribution in [0.15, 0.2) is 60.3 Å². The van der Waals surface area contributed by atoms with Crippen molar-refractivity contribution in [2.24, 2.45) is 0 Å². The summed E-state index contributed by atoms with van der Waals surface area (Å²) in [6.07, 6.45) is 2.06. The van der Waals surface area contributed by atoms with Gasteiger partial charge >= 0.3 is 5.97 Å². The second-order valence-electron chi connectivity index (χ2n) is 6.60. The van der Waals surface area contributed by atoms with Crippen LogP contribution in [-0.2, 0) is 14.3 Å². The molecule has 0 saturated heterocycles. The second kappa shape index (κ2) is 9.17. The minimum Gasteiger partial charge on any atom is -0.462 e. The molecule has 7 nitrogen and oxygen atoms in total. The molecule has 0 spiro atoms. The predicted molar refractivity (Wildman–Crippen MR) is 112 cm³/mol. The summed E-state index contributed by atoms with van der Waals surface area (Å²) >= 11 is 0. The molecule has 7 heteroatoms. The van der Waals surface area contributed by atoms with E-state index in [0.29, 0.717) is 28.9 Å². The zero-order chi connectivity index (χ0) is 21.7. The Kier molecular flexibility index (Phi) is 6.41. The van der Waals surface area contributed by atoms with Crippen LogP contribution in [0.25, 0.3) is 0 Å².